The van der Waals surface area contributed by atoms with E-state index in [0.29, 0.717) is 10.6 Å². The van der Waals surface area contributed by atoms with Gasteiger partial charge in [0.2, 0.25) is 10.0 Å². The van der Waals surface area contributed by atoms with Gasteiger partial charge >= 0.3 is 5.97 Å². The van der Waals surface area contributed by atoms with Crippen LogP contribution >= 0.6 is 11.3 Å². The zero-order valence-corrected chi connectivity index (χ0v) is 11.9. The number of carbonyl (C=O) groups is 1. The lowest BCUT2D eigenvalue weighted by Gasteiger charge is -2.09. The maximum absolute atomic E-state index is 11.9. The molecule has 0 spiro atoms. The van der Waals surface area contributed by atoms with Crippen molar-refractivity contribution in [3.63, 3.8) is 0 Å². The van der Waals surface area contributed by atoms with Gasteiger partial charge in [-0.2, -0.15) is 0 Å². The first kappa shape index (κ1) is 13.4. The maximum atomic E-state index is 11.9. The first-order valence-corrected chi connectivity index (χ1v) is 8.13. The Kier molecular flexibility index (Phi) is 3.63. The van der Waals surface area contributed by atoms with Crippen LogP contribution < -0.4 is 4.72 Å². The third-order valence-corrected chi connectivity index (χ3v) is 5.26. The van der Waals surface area contributed by atoms with E-state index in [2.05, 4.69) is 9.46 Å². The number of hydrogen-bond donors (Lipinski definition) is 1. The molecule has 0 radical (unpaired) electrons. The lowest BCUT2D eigenvalue weighted by Crippen LogP contribution is -2.19. The number of nitrogens with one attached hydrogen (secondary N) is 1. The van der Waals surface area contributed by atoms with Crippen molar-refractivity contribution < 1.29 is 17.9 Å². The summed E-state index contributed by atoms with van der Waals surface area (Å²) in [5.74, 6) is -0.122. The van der Waals surface area contributed by atoms with Gasteiger partial charge in [0.15, 0.2) is 0 Å². The standard InChI is InChI=1S/C11H15NO4S2/c1-7-5-17-10(11(13)16-2)9(7)12-18(14,15)6-8-3-4-8/h5,8,12H,3-4,6H2,1-2H3. The molecule has 0 aliphatic heterocycles. The van der Waals surface area contributed by atoms with Gasteiger partial charge in [-0.3, -0.25) is 4.72 Å². The molecule has 7 heteroatoms. The molecule has 1 aromatic rings. The normalized spacial score (nSPS) is 15.4. The second kappa shape index (κ2) is 4.89. The third-order valence-electron chi connectivity index (χ3n) is 2.76. The molecule has 0 bridgehead atoms. The summed E-state index contributed by atoms with van der Waals surface area (Å²) in [6.07, 6.45) is 1.93. The molecule has 1 fully saturated rings. The fourth-order valence-electron chi connectivity index (χ4n) is 1.61. The summed E-state index contributed by atoms with van der Waals surface area (Å²) in [7, 11) is -2.10. The SMILES string of the molecule is COC(=O)c1scc(C)c1NS(=O)(=O)CC1CC1. The van der Waals surface area contributed by atoms with Gasteiger partial charge < -0.3 is 4.74 Å². The van der Waals surface area contributed by atoms with Crippen LogP contribution in [0.15, 0.2) is 5.38 Å². The van der Waals surface area contributed by atoms with Gasteiger partial charge in [-0.25, -0.2) is 13.2 Å². The van der Waals surface area contributed by atoms with Crippen LogP contribution in [0.5, 0.6) is 0 Å². The summed E-state index contributed by atoms with van der Waals surface area (Å²) >= 11 is 1.18. The minimum Gasteiger partial charge on any atom is -0.465 e. The van der Waals surface area contributed by atoms with Crippen molar-refractivity contribution in [2.45, 2.75) is 19.8 Å². The highest BCUT2D eigenvalue weighted by molar-refractivity contribution is 7.92. The Balaban J connectivity index is 2.22. The largest absolute Gasteiger partial charge is 0.465 e. The number of sulfonamides is 1. The monoisotopic (exact) mass is 289 g/mol. The zero-order valence-electron chi connectivity index (χ0n) is 10.2. The second-order valence-corrected chi connectivity index (χ2v) is 7.09. The summed E-state index contributed by atoms with van der Waals surface area (Å²) in [5, 5.41) is 1.74. The van der Waals surface area contributed by atoms with E-state index >= 15 is 0 Å². The zero-order chi connectivity index (χ0) is 13.3. The number of carbonyl (C=O) groups excluding carboxylic acids is 1. The van der Waals surface area contributed by atoms with Crippen molar-refractivity contribution in [1.82, 2.24) is 0 Å². The lowest BCUT2D eigenvalue weighted by molar-refractivity contribution is 0.0607. The quantitative estimate of drug-likeness (QED) is 0.841. The predicted molar refractivity (Wildman–Crippen MR) is 70.5 cm³/mol. The van der Waals surface area contributed by atoms with Crippen molar-refractivity contribution in [1.29, 1.82) is 0 Å². The van der Waals surface area contributed by atoms with Crippen LogP contribution in [0.2, 0.25) is 0 Å². The van der Waals surface area contributed by atoms with Crippen molar-refractivity contribution in [3.05, 3.63) is 15.8 Å². The van der Waals surface area contributed by atoms with Crippen LogP contribution in [0, 0.1) is 12.8 Å². The Labute approximate surface area is 110 Å². The van der Waals surface area contributed by atoms with E-state index in [0.717, 1.165) is 18.4 Å². The molecule has 2 rings (SSSR count). The van der Waals surface area contributed by atoms with E-state index in [1.807, 2.05) is 0 Å². The van der Waals surface area contributed by atoms with E-state index in [4.69, 9.17) is 0 Å². The summed E-state index contributed by atoms with van der Waals surface area (Å²) in [4.78, 5) is 11.8. The minimum absolute atomic E-state index is 0.128. The molecule has 1 aliphatic rings. The number of methoxy groups -OCH3 is 1. The molecule has 0 saturated heterocycles. The summed E-state index contributed by atoms with van der Waals surface area (Å²) < 4.78 is 30.9. The number of aryl methyl sites for hydroxylation is 1. The van der Waals surface area contributed by atoms with Crippen molar-refractivity contribution in [3.8, 4) is 0 Å². The number of hydrogen-bond acceptors (Lipinski definition) is 5. The number of thiophene rings is 1. The third kappa shape index (κ3) is 3.02. The van der Waals surface area contributed by atoms with E-state index in [1.165, 1.54) is 18.4 Å². The first-order chi connectivity index (χ1) is 8.43. The number of anilines is 1. The fourth-order valence-corrected chi connectivity index (χ4v) is 4.20. The molecular formula is C11H15NO4S2. The van der Waals surface area contributed by atoms with Crippen molar-refractivity contribution in [2.24, 2.45) is 5.92 Å². The summed E-state index contributed by atoms with van der Waals surface area (Å²) in [6.45, 7) is 1.76. The van der Waals surface area contributed by atoms with Gasteiger partial charge in [0, 0.05) is 0 Å². The molecular weight excluding hydrogens is 274 g/mol. The van der Waals surface area contributed by atoms with E-state index in [1.54, 1.807) is 12.3 Å². The molecule has 1 saturated carbocycles. The van der Waals surface area contributed by atoms with Crippen molar-refractivity contribution in [2.75, 3.05) is 17.6 Å². The molecule has 0 amide bonds. The highest BCUT2D eigenvalue weighted by atomic mass is 32.2. The molecule has 1 aliphatic carbocycles. The second-order valence-electron chi connectivity index (χ2n) is 4.44. The van der Waals surface area contributed by atoms with Crippen LogP contribution in [0.4, 0.5) is 5.69 Å². The molecule has 18 heavy (non-hydrogen) atoms. The van der Waals surface area contributed by atoms with E-state index < -0.39 is 16.0 Å². The van der Waals surface area contributed by atoms with E-state index in [9.17, 15) is 13.2 Å². The molecule has 0 atom stereocenters. The van der Waals surface area contributed by atoms with Gasteiger partial charge in [0.25, 0.3) is 0 Å². The van der Waals surface area contributed by atoms with Crippen LogP contribution in [0.25, 0.3) is 0 Å². The molecule has 1 heterocycles. The number of ether oxygens (including phenoxy) is 1. The predicted octanol–water partition coefficient (Wildman–Crippen LogP) is 1.99. The molecule has 0 unspecified atom stereocenters. The fraction of sp³-hybridized carbons (Fsp3) is 0.545. The smallest absolute Gasteiger partial charge is 0.350 e. The Hall–Kier alpha value is -1.08. The van der Waals surface area contributed by atoms with E-state index in [-0.39, 0.29) is 11.7 Å². The maximum Gasteiger partial charge on any atom is 0.350 e. The lowest BCUT2D eigenvalue weighted by atomic mass is 10.3. The Morgan fingerprint density at radius 2 is 2.22 bits per heavy atom. The average molecular weight is 289 g/mol. The molecule has 100 valence electrons. The summed E-state index contributed by atoms with van der Waals surface area (Å²) in [6, 6.07) is 0. The average Bonchev–Trinajstić information content (AvgIpc) is 3.03. The van der Waals surface area contributed by atoms with Crippen molar-refractivity contribution >= 4 is 33.0 Å². The minimum atomic E-state index is -3.38. The van der Waals surface area contributed by atoms with Gasteiger partial charge in [-0.05, 0) is 36.6 Å². The summed E-state index contributed by atoms with van der Waals surface area (Å²) in [5.41, 5.74) is 1.09. The number of rotatable bonds is 5. The molecule has 1 N–H and O–H groups in total. The van der Waals surface area contributed by atoms with Crippen LogP contribution in [0.1, 0.15) is 28.1 Å². The van der Waals surface area contributed by atoms with Crippen LogP contribution in [0.3, 0.4) is 0 Å². The first-order valence-electron chi connectivity index (χ1n) is 5.60. The number of esters is 1. The molecule has 1 aromatic heterocycles. The highest BCUT2D eigenvalue weighted by Gasteiger charge is 2.29. The molecule has 5 nitrogen and oxygen atoms in total. The highest BCUT2D eigenvalue weighted by Crippen LogP contribution is 2.33. The van der Waals surface area contributed by atoms with Crippen LogP contribution in [-0.2, 0) is 14.8 Å². The Morgan fingerprint density at radius 1 is 1.56 bits per heavy atom. The topological polar surface area (TPSA) is 72.5 Å². The van der Waals surface area contributed by atoms with Gasteiger partial charge in [-0.15, -0.1) is 11.3 Å². The Bertz CT molecular complexity index is 558. The van der Waals surface area contributed by atoms with Gasteiger partial charge in [0.1, 0.15) is 4.88 Å². The Morgan fingerprint density at radius 3 is 2.78 bits per heavy atom. The molecule has 0 aromatic carbocycles. The van der Waals surface area contributed by atoms with Crippen LogP contribution in [-0.4, -0.2) is 27.2 Å². The van der Waals surface area contributed by atoms with Gasteiger partial charge in [0.05, 0.1) is 18.6 Å². The van der Waals surface area contributed by atoms with Gasteiger partial charge in [-0.1, -0.05) is 0 Å².